The number of nitrogens with zero attached hydrogens (tertiary/aromatic N) is 2. The van der Waals surface area contributed by atoms with Crippen LogP contribution < -0.4 is 5.32 Å². The van der Waals surface area contributed by atoms with E-state index >= 15 is 0 Å². The summed E-state index contributed by atoms with van der Waals surface area (Å²) < 4.78 is 0. The van der Waals surface area contributed by atoms with Crippen LogP contribution in [0.3, 0.4) is 0 Å². The molecule has 1 aromatic carbocycles. The molecular formula is C15H21N3O. The molecule has 0 bridgehead atoms. The quantitative estimate of drug-likeness (QED) is 0.854. The van der Waals surface area contributed by atoms with Gasteiger partial charge < -0.3 is 10.2 Å². The van der Waals surface area contributed by atoms with Crippen molar-refractivity contribution in [1.29, 1.82) is 5.26 Å². The molecule has 19 heavy (non-hydrogen) atoms. The lowest BCUT2D eigenvalue weighted by molar-refractivity contribution is -0.116. The summed E-state index contributed by atoms with van der Waals surface area (Å²) >= 11 is 0. The number of anilines is 1. The van der Waals surface area contributed by atoms with Crippen molar-refractivity contribution in [2.45, 2.75) is 32.7 Å². The van der Waals surface area contributed by atoms with E-state index in [9.17, 15) is 4.79 Å². The van der Waals surface area contributed by atoms with Gasteiger partial charge >= 0.3 is 0 Å². The zero-order valence-corrected chi connectivity index (χ0v) is 11.8. The van der Waals surface area contributed by atoms with E-state index in [0.29, 0.717) is 23.7 Å². The Morgan fingerprint density at radius 2 is 2.26 bits per heavy atom. The van der Waals surface area contributed by atoms with Crippen molar-refractivity contribution in [3.8, 4) is 6.07 Å². The van der Waals surface area contributed by atoms with E-state index in [1.54, 1.807) is 24.3 Å². The second-order valence-electron chi connectivity index (χ2n) is 4.73. The van der Waals surface area contributed by atoms with Crippen LogP contribution in [0.4, 0.5) is 5.69 Å². The molecule has 1 unspecified atom stereocenters. The van der Waals surface area contributed by atoms with Crippen LogP contribution in [0.15, 0.2) is 24.3 Å². The Balaban J connectivity index is 2.45. The molecule has 0 aromatic heterocycles. The number of benzene rings is 1. The number of carbonyl (C=O) groups is 1. The zero-order valence-electron chi connectivity index (χ0n) is 11.8. The summed E-state index contributed by atoms with van der Waals surface area (Å²) in [5.74, 6) is -0.0229. The molecule has 0 heterocycles. The SMILES string of the molecule is CCC(C)N(C)CCC(=O)Nc1cccc(C#N)c1. The molecule has 1 atom stereocenters. The smallest absolute Gasteiger partial charge is 0.225 e. The second kappa shape index (κ2) is 7.55. The normalized spacial score (nSPS) is 11.9. The van der Waals surface area contributed by atoms with Gasteiger partial charge in [0.2, 0.25) is 5.91 Å². The number of hydrogen-bond donors (Lipinski definition) is 1. The third-order valence-electron chi connectivity index (χ3n) is 3.31. The molecule has 0 aliphatic heterocycles. The van der Waals surface area contributed by atoms with E-state index in [4.69, 9.17) is 5.26 Å². The van der Waals surface area contributed by atoms with Crippen LogP contribution in [0.2, 0.25) is 0 Å². The van der Waals surface area contributed by atoms with Gasteiger partial charge in [0, 0.05) is 24.7 Å². The average molecular weight is 259 g/mol. The molecule has 0 fully saturated rings. The van der Waals surface area contributed by atoms with Crippen molar-refractivity contribution < 1.29 is 4.79 Å². The van der Waals surface area contributed by atoms with Crippen LogP contribution in [0, 0.1) is 11.3 Å². The Morgan fingerprint density at radius 1 is 1.53 bits per heavy atom. The summed E-state index contributed by atoms with van der Waals surface area (Å²) in [6.07, 6.45) is 1.53. The average Bonchev–Trinajstić information content (AvgIpc) is 2.44. The Labute approximate surface area is 115 Å². The third kappa shape index (κ3) is 5.11. The van der Waals surface area contributed by atoms with Crippen LogP contribution in [-0.2, 0) is 4.79 Å². The minimum atomic E-state index is -0.0229. The topological polar surface area (TPSA) is 56.1 Å². The van der Waals surface area contributed by atoms with Gasteiger partial charge in [-0.1, -0.05) is 13.0 Å². The Hall–Kier alpha value is -1.86. The maximum atomic E-state index is 11.8. The second-order valence-corrected chi connectivity index (χ2v) is 4.73. The van der Waals surface area contributed by atoms with E-state index in [0.717, 1.165) is 13.0 Å². The molecule has 4 nitrogen and oxygen atoms in total. The van der Waals surface area contributed by atoms with Crippen LogP contribution in [-0.4, -0.2) is 30.4 Å². The van der Waals surface area contributed by atoms with Crippen molar-refractivity contribution in [1.82, 2.24) is 4.90 Å². The molecule has 1 aromatic rings. The minimum Gasteiger partial charge on any atom is -0.326 e. The van der Waals surface area contributed by atoms with Crippen molar-refractivity contribution in [2.75, 3.05) is 18.9 Å². The predicted octanol–water partition coefficient (Wildman–Crippen LogP) is 2.62. The van der Waals surface area contributed by atoms with Crippen LogP contribution in [0.5, 0.6) is 0 Å². The summed E-state index contributed by atoms with van der Waals surface area (Å²) in [5.41, 5.74) is 1.23. The molecule has 4 heteroatoms. The van der Waals surface area contributed by atoms with E-state index in [-0.39, 0.29) is 5.91 Å². The fourth-order valence-electron chi connectivity index (χ4n) is 1.70. The number of carbonyl (C=O) groups excluding carboxylic acids is 1. The third-order valence-corrected chi connectivity index (χ3v) is 3.31. The maximum Gasteiger partial charge on any atom is 0.225 e. The maximum absolute atomic E-state index is 11.8. The van der Waals surface area contributed by atoms with Gasteiger partial charge in [-0.15, -0.1) is 0 Å². The summed E-state index contributed by atoms with van der Waals surface area (Å²) in [6, 6.07) is 9.48. The van der Waals surface area contributed by atoms with Gasteiger partial charge in [0.1, 0.15) is 0 Å². The van der Waals surface area contributed by atoms with E-state index in [1.807, 2.05) is 7.05 Å². The van der Waals surface area contributed by atoms with Gasteiger partial charge in [0.15, 0.2) is 0 Å². The lowest BCUT2D eigenvalue weighted by atomic mass is 10.2. The molecule has 0 saturated carbocycles. The molecule has 1 amide bonds. The number of amides is 1. The first-order valence-electron chi connectivity index (χ1n) is 6.57. The molecule has 0 aliphatic rings. The lowest BCUT2D eigenvalue weighted by Crippen LogP contribution is -2.31. The molecule has 0 spiro atoms. The molecule has 0 aliphatic carbocycles. The molecule has 0 radical (unpaired) electrons. The van der Waals surface area contributed by atoms with Gasteiger partial charge in [-0.3, -0.25) is 4.79 Å². The van der Waals surface area contributed by atoms with E-state index in [2.05, 4.69) is 30.1 Å². The Bertz CT molecular complexity index is 465. The van der Waals surface area contributed by atoms with Crippen molar-refractivity contribution in [3.05, 3.63) is 29.8 Å². The lowest BCUT2D eigenvalue weighted by Gasteiger charge is -2.22. The van der Waals surface area contributed by atoms with Crippen molar-refractivity contribution in [2.24, 2.45) is 0 Å². The highest BCUT2D eigenvalue weighted by atomic mass is 16.1. The van der Waals surface area contributed by atoms with Gasteiger partial charge in [0.25, 0.3) is 0 Å². The number of rotatable bonds is 6. The highest BCUT2D eigenvalue weighted by molar-refractivity contribution is 5.90. The highest BCUT2D eigenvalue weighted by Gasteiger charge is 2.09. The first-order valence-corrected chi connectivity index (χ1v) is 6.57. The largest absolute Gasteiger partial charge is 0.326 e. The molecule has 1 N–H and O–H groups in total. The number of nitriles is 1. The minimum absolute atomic E-state index is 0.0229. The standard InChI is InChI=1S/C15H21N3O/c1-4-12(2)18(3)9-8-15(19)17-14-7-5-6-13(10-14)11-16/h5-7,10,12H,4,8-9H2,1-3H3,(H,17,19). The summed E-state index contributed by atoms with van der Waals surface area (Å²) in [6.45, 7) is 5.02. The Kier molecular flexibility index (Phi) is 6.04. The number of hydrogen-bond acceptors (Lipinski definition) is 3. The van der Waals surface area contributed by atoms with Gasteiger partial charge in [-0.05, 0) is 38.6 Å². The highest BCUT2D eigenvalue weighted by Crippen LogP contribution is 2.10. The fraction of sp³-hybridized carbons (Fsp3) is 0.467. The fourth-order valence-corrected chi connectivity index (χ4v) is 1.70. The molecule has 102 valence electrons. The first-order chi connectivity index (χ1) is 9.06. The van der Waals surface area contributed by atoms with Crippen molar-refractivity contribution >= 4 is 11.6 Å². The van der Waals surface area contributed by atoms with E-state index < -0.39 is 0 Å². The van der Waals surface area contributed by atoms with Gasteiger partial charge in [-0.25, -0.2) is 0 Å². The zero-order chi connectivity index (χ0) is 14.3. The Morgan fingerprint density at radius 3 is 2.89 bits per heavy atom. The molecule has 1 rings (SSSR count). The summed E-state index contributed by atoms with van der Waals surface area (Å²) in [7, 11) is 2.03. The van der Waals surface area contributed by atoms with Gasteiger partial charge in [0.05, 0.1) is 11.6 Å². The van der Waals surface area contributed by atoms with Crippen LogP contribution in [0.1, 0.15) is 32.3 Å². The summed E-state index contributed by atoms with van der Waals surface area (Å²) in [5, 5.41) is 11.6. The van der Waals surface area contributed by atoms with Crippen molar-refractivity contribution in [3.63, 3.8) is 0 Å². The predicted molar refractivity (Wildman–Crippen MR) is 76.8 cm³/mol. The molecule has 0 saturated heterocycles. The molecular weight excluding hydrogens is 238 g/mol. The first kappa shape index (κ1) is 15.2. The number of nitrogens with one attached hydrogen (secondary N) is 1. The van der Waals surface area contributed by atoms with Crippen LogP contribution >= 0.6 is 0 Å². The monoisotopic (exact) mass is 259 g/mol. The van der Waals surface area contributed by atoms with E-state index in [1.165, 1.54) is 0 Å². The summed E-state index contributed by atoms with van der Waals surface area (Å²) in [4.78, 5) is 14.0. The van der Waals surface area contributed by atoms with Gasteiger partial charge in [-0.2, -0.15) is 5.26 Å². The van der Waals surface area contributed by atoms with Crippen LogP contribution in [0.25, 0.3) is 0 Å².